The second-order valence-electron chi connectivity index (χ2n) is 4.84. The molecule has 6 nitrogen and oxygen atoms in total. The van der Waals surface area contributed by atoms with Crippen LogP contribution in [0.3, 0.4) is 0 Å². The van der Waals surface area contributed by atoms with Crippen molar-refractivity contribution >= 4 is 11.4 Å². The van der Waals surface area contributed by atoms with E-state index in [0.29, 0.717) is 35.2 Å². The van der Waals surface area contributed by atoms with Crippen LogP contribution in [-0.4, -0.2) is 28.4 Å². The van der Waals surface area contributed by atoms with Gasteiger partial charge in [0.2, 0.25) is 0 Å². The molecular formula is C17H22N2O4. The number of nitrogen functional groups attached to an aromatic ring is 1. The second-order valence-corrected chi connectivity index (χ2v) is 4.84. The Labute approximate surface area is 136 Å². The Morgan fingerprint density at radius 1 is 0.783 bits per heavy atom. The molecule has 124 valence electrons. The highest BCUT2D eigenvalue weighted by atomic mass is 16.5. The third-order valence-corrected chi connectivity index (χ3v) is 3.49. The van der Waals surface area contributed by atoms with Gasteiger partial charge >= 0.3 is 0 Å². The molecule has 23 heavy (non-hydrogen) atoms. The molecule has 0 aromatic heterocycles. The lowest BCUT2D eigenvalue weighted by Crippen LogP contribution is -2.04. The van der Waals surface area contributed by atoms with Gasteiger partial charge in [-0.25, -0.2) is 0 Å². The molecule has 0 fully saturated rings. The fourth-order valence-corrected chi connectivity index (χ4v) is 2.24. The van der Waals surface area contributed by atoms with Crippen LogP contribution in [0.25, 0.3) is 0 Å². The molecule has 0 amide bonds. The highest BCUT2D eigenvalue weighted by Crippen LogP contribution is 2.35. The maximum atomic E-state index is 6.04. The van der Waals surface area contributed by atoms with Crippen LogP contribution < -0.4 is 30.0 Å². The van der Waals surface area contributed by atoms with Crippen LogP contribution in [0.4, 0.5) is 11.4 Å². The van der Waals surface area contributed by atoms with Gasteiger partial charge in [0.15, 0.2) is 23.0 Å². The number of nitrogens with two attached hydrogens (primary N) is 1. The maximum absolute atomic E-state index is 6.04. The minimum atomic E-state index is 0.583. The topological polar surface area (TPSA) is 75.0 Å². The van der Waals surface area contributed by atoms with E-state index < -0.39 is 0 Å². The van der Waals surface area contributed by atoms with Crippen molar-refractivity contribution < 1.29 is 18.9 Å². The quantitative estimate of drug-likeness (QED) is 0.765. The summed E-state index contributed by atoms with van der Waals surface area (Å²) in [6.07, 6.45) is 0. The van der Waals surface area contributed by atoms with Crippen LogP contribution in [0.1, 0.15) is 5.56 Å². The SMILES string of the molecule is COc1ccc(CNc2cc(OC)c(OC)cc2N)cc1OC. The molecule has 2 rings (SSSR count). The Morgan fingerprint density at radius 3 is 1.96 bits per heavy atom. The molecule has 0 spiro atoms. The first-order chi connectivity index (χ1) is 11.1. The minimum absolute atomic E-state index is 0.583. The molecule has 0 radical (unpaired) electrons. The predicted octanol–water partition coefficient (Wildman–Crippen LogP) is 2.92. The Kier molecular flexibility index (Phi) is 5.41. The smallest absolute Gasteiger partial charge is 0.162 e. The van der Waals surface area contributed by atoms with Gasteiger partial charge in [-0.05, 0) is 17.7 Å². The van der Waals surface area contributed by atoms with Crippen molar-refractivity contribution in [1.82, 2.24) is 0 Å². The normalized spacial score (nSPS) is 10.1. The van der Waals surface area contributed by atoms with Gasteiger partial charge in [0, 0.05) is 18.7 Å². The van der Waals surface area contributed by atoms with Crippen molar-refractivity contribution in [3.63, 3.8) is 0 Å². The zero-order valence-electron chi connectivity index (χ0n) is 13.8. The van der Waals surface area contributed by atoms with Crippen molar-refractivity contribution in [1.29, 1.82) is 0 Å². The fraction of sp³-hybridized carbons (Fsp3) is 0.294. The van der Waals surface area contributed by atoms with Gasteiger partial charge in [0.05, 0.1) is 39.8 Å². The van der Waals surface area contributed by atoms with Gasteiger partial charge in [0.25, 0.3) is 0 Å². The summed E-state index contributed by atoms with van der Waals surface area (Å²) in [6.45, 7) is 0.583. The molecule has 2 aromatic rings. The van der Waals surface area contributed by atoms with Crippen molar-refractivity contribution in [3.05, 3.63) is 35.9 Å². The van der Waals surface area contributed by atoms with Crippen LogP contribution in [-0.2, 0) is 6.54 Å². The van der Waals surface area contributed by atoms with Crippen LogP contribution in [0.15, 0.2) is 30.3 Å². The van der Waals surface area contributed by atoms with E-state index in [0.717, 1.165) is 11.3 Å². The average molecular weight is 318 g/mol. The van der Waals surface area contributed by atoms with Gasteiger partial charge in [-0.2, -0.15) is 0 Å². The van der Waals surface area contributed by atoms with Crippen molar-refractivity contribution in [2.45, 2.75) is 6.54 Å². The van der Waals surface area contributed by atoms with E-state index in [4.69, 9.17) is 24.7 Å². The number of anilines is 2. The second kappa shape index (κ2) is 7.49. The average Bonchev–Trinajstić information content (AvgIpc) is 2.59. The van der Waals surface area contributed by atoms with E-state index in [9.17, 15) is 0 Å². The Hall–Kier alpha value is -2.76. The van der Waals surface area contributed by atoms with Gasteiger partial charge in [-0.1, -0.05) is 6.07 Å². The maximum Gasteiger partial charge on any atom is 0.162 e. The van der Waals surface area contributed by atoms with Crippen LogP contribution in [0.2, 0.25) is 0 Å². The van der Waals surface area contributed by atoms with E-state index in [1.807, 2.05) is 24.3 Å². The number of methoxy groups -OCH3 is 4. The van der Waals surface area contributed by atoms with Gasteiger partial charge in [0.1, 0.15) is 0 Å². The largest absolute Gasteiger partial charge is 0.493 e. The van der Waals surface area contributed by atoms with Crippen LogP contribution >= 0.6 is 0 Å². The van der Waals surface area contributed by atoms with Crippen molar-refractivity contribution in [2.75, 3.05) is 39.5 Å². The molecule has 3 N–H and O–H groups in total. The molecule has 0 unspecified atom stereocenters. The molecule has 0 bridgehead atoms. The number of rotatable bonds is 7. The predicted molar refractivity (Wildman–Crippen MR) is 90.8 cm³/mol. The molecule has 6 heteroatoms. The zero-order chi connectivity index (χ0) is 16.8. The van der Waals surface area contributed by atoms with Gasteiger partial charge < -0.3 is 30.0 Å². The molecule has 0 saturated carbocycles. The Balaban J connectivity index is 2.17. The molecule has 2 aromatic carbocycles. The monoisotopic (exact) mass is 318 g/mol. The summed E-state index contributed by atoms with van der Waals surface area (Å²) in [5.41, 5.74) is 8.44. The summed E-state index contributed by atoms with van der Waals surface area (Å²) < 4.78 is 21.1. The summed E-state index contributed by atoms with van der Waals surface area (Å²) in [5.74, 6) is 2.60. The van der Waals surface area contributed by atoms with E-state index in [2.05, 4.69) is 5.32 Å². The van der Waals surface area contributed by atoms with Crippen LogP contribution in [0.5, 0.6) is 23.0 Å². The summed E-state index contributed by atoms with van der Waals surface area (Å²) in [5, 5.41) is 3.29. The number of hydrogen-bond donors (Lipinski definition) is 2. The van der Waals surface area contributed by atoms with E-state index >= 15 is 0 Å². The van der Waals surface area contributed by atoms with Crippen LogP contribution in [0, 0.1) is 0 Å². The van der Waals surface area contributed by atoms with Gasteiger partial charge in [-0.3, -0.25) is 0 Å². The van der Waals surface area contributed by atoms with Gasteiger partial charge in [-0.15, -0.1) is 0 Å². The third-order valence-electron chi connectivity index (χ3n) is 3.49. The highest BCUT2D eigenvalue weighted by Gasteiger charge is 2.10. The summed E-state index contributed by atoms with van der Waals surface area (Å²) in [6, 6.07) is 9.30. The number of nitrogens with one attached hydrogen (secondary N) is 1. The first-order valence-corrected chi connectivity index (χ1v) is 7.09. The molecule has 0 aliphatic heterocycles. The number of hydrogen-bond acceptors (Lipinski definition) is 6. The highest BCUT2D eigenvalue weighted by molar-refractivity contribution is 5.72. The lowest BCUT2D eigenvalue weighted by Gasteiger charge is -2.15. The Bertz CT molecular complexity index is 674. The minimum Gasteiger partial charge on any atom is -0.493 e. The number of ether oxygens (including phenoxy) is 4. The Morgan fingerprint density at radius 2 is 1.35 bits per heavy atom. The van der Waals surface area contributed by atoms with E-state index in [-0.39, 0.29) is 0 Å². The fourth-order valence-electron chi connectivity index (χ4n) is 2.24. The standard InChI is InChI=1S/C17H22N2O4/c1-20-14-6-5-11(7-15(14)21-2)10-19-13-9-17(23-4)16(22-3)8-12(13)18/h5-9,19H,10,18H2,1-4H3. The zero-order valence-corrected chi connectivity index (χ0v) is 13.8. The van der Waals surface area contributed by atoms with E-state index in [1.54, 1.807) is 34.5 Å². The number of benzene rings is 2. The first-order valence-electron chi connectivity index (χ1n) is 7.09. The third kappa shape index (κ3) is 3.71. The van der Waals surface area contributed by atoms with Crippen molar-refractivity contribution in [2.24, 2.45) is 0 Å². The molecule has 0 heterocycles. The van der Waals surface area contributed by atoms with E-state index in [1.165, 1.54) is 0 Å². The molecule has 0 atom stereocenters. The molecule has 0 saturated heterocycles. The summed E-state index contributed by atoms with van der Waals surface area (Å²) in [4.78, 5) is 0. The molecular weight excluding hydrogens is 296 g/mol. The molecule has 0 aliphatic rings. The molecule has 0 aliphatic carbocycles. The summed E-state index contributed by atoms with van der Waals surface area (Å²) in [7, 11) is 6.39. The first kappa shape index (κ1) is 16.6. The summed E-state index contributed by atoms with van der Waals surface area (Å²) >= 11 is 0. The lowest BCUT2D eigenvalue weighted by molar-refractivity contribution is 0.354. The van der Waals surface area contributed by atoms with Crippen molar-refractivity contribution in [3.8, 4) is 23.0 Å². The lowest BCUT2D eigenvalue weighted by atomic mass is 10.2.